The van der Waals surface area contributed by atoms with Crippen LogP contribution in [-0.4, -0.2) is 15.2 Å². The van der Waals surface area contributed by atoms with Crippen LogP contribution in [0.4, 0.5) is 0 Å². The summed E-state index contributed by atoms with van der Waals surface area (Å²) in [6.07, 6.45) is 4.54. The van der Waals surface area contributed by atoms with Crippen LogP contribution in [0.5, 0.6) is 0 Å². The van der Waals surface area contributed by atoms with Gasteiger partial charge in [-0.25, -0.2) is 21.8 Å². The molecular weight excluding hydrogens is 287 g/mol. The van der Waals surface area contributed by atoms with Gasteiger partial charge in [0.2, 0.25) is 0 Å². The minimum atomic E-state index is 0. The Bertz CT molecular complexity index is 626. The average molecular weight is 294 g/mol. The largest absolute Gasteiger partial charge is 0.366 e. The predicted octanol–water partition coefficient (Wildman–Crippen LogP) is 2.29. The molecule has 0 saturated heterocycles. The summed E-state index contributed by atoms with van der Waals surface area (Å²) in [6.45, 7) is 0. The third kappa shape index (κ3) is 2.56. The Morgan fingerprint density at radius 3 is 2.82 bits per heavy atom. The van der Waals surface area contributed by atoms with E-state index >= 15 is 0 Å². The molecule has 0 atom stereocenters. The van der Waals surface area contributed by atoms with E-state index in [-0.39, 0.29) is 32.7 Å². The number of aromatic nitrogens is 3. The van der Waals surface area contributed by atoms with Gasteiger partial charge in [0.25, 0.3) is 0 Å². The van der Waals surface area contributed by atoms with Gasteiger partial charge in [0.1, 0.15) is 0 Å². The third-order valence-corrected chi connectivity index (χ3v) is 2.31. The molecule has 4 heteroatoms. The molecule has 0 aliphatic carbocycles. The van der Waals surface area contributed by atoms with E-state index < -0.39 is 0 Å². The van der Waals surface area contributed by atoms with Crippen LogP contribution in [0.2, 0.25) is 0 Å². The number of nitrogens with zero attached hydrogens (tertiary/aromatic N) is 3. The average Bonchev–Trinajstić information content (AvgIpc) is 2.39. The molecule has 17 heavy (non-hydrogen) atoms. The molecule has 0 unspecified atom stereocenters. The maximum Gasteiger partial charge on any atom is 0 e. The van der Waals surface area contributed by atoms with Crippen LogP contribution in [0.1, 0.15) is 0 Å². The summed E-state index contributed by atoms with van der Waals surface area (Å²) in [5, 5.41) is 8.86. The molecule has 2 aromatic heterocycles. The number of hydrogen-bond donors (Lipinski definition) is 0. The molecule has 3 rings (SSSR count). The van der Waals surface area contributed by atoms with Gasteiger partial charge in [-0.05, 0) is 5.52 Å². The van der Waals surface area contributed by atoms with Gasteiger partial charge in [-0.1, -0.05) is 35.8 Å². The fraction of sp³-hybridized carbons (Fsp3) is 0. The zero-order valence-corrected chi connectivity index (χ0v) is 11.8. The van der Waals surface area contributed by atoms with Crippen molar-refractivity contribution in [3.05, 3.63) is 54.9 Å². The smallest absolute Gasteiger partial charge is 0 e. The van der Waals surface area contributed by atoms with Gasteiger partial charge in [-0.3, -0.25) is 0 Å². The molecule has 0 spiro atoms. The summed E-state index contributed by atoms with van der Waals surface area (Å²) in [5.74, 6) is 0. The van der Waals surface area contributed by atoms with Crippen LogP contribution in [0.3, 0.4) is 0 Å². The Kier molecular flexibility index (Phi) is 3.92. The Labute approximate surface area is 124 Å². The van der Waals surface area contributed by atoms with Gasteiger partial charge < -0.3 is 4.98 Å². The Balaban J connectivity index is 0.00000108. The van der Waals surface area contributed by atoms with Crippen molar-refractivity contribution in [2.24, 2.45) is 0 Å². The molecule has 2 heterocycles. The van der Waals surface area contributed by atoms with Crippen molar-refractivity contribution in [1.82, 2.24) is 15.2 Å². The maximum atomic E-state index is 4.24. The second-order valence-corrected chi connectivity index (χ2v) is 3.36. The fourth-order valence-electron chi connectivity index (χ4n) is 1.54. The molecule has 0 aliphatic rings. The number of rotatable bonds is 1. The van der Waals surface area contributed by atoms with Crippen molar-refractivity contribution in [3.8, 4) is 11.3 Å². The van der Waals surface area contributed by atoms with E-state index in [1.54, 1.807) is 12.3 Å². The van der Waals surface area contributed by atoms with Crippen molar-refractivity contribution in [2.75, 3.05) is 0 Å². The molecule has 0 amide bonds. The molecular formula is C13H7N3Y-2. The Hall–Kier alpha value is -1.19. The van der Waals surface area contributed by atoms with Crippen molar-refractivity contribution in [2.45, 2.75) is 0 Å². The van der Waals surface area contributed by atoms with E-state index in [4.69, 9.17) is 0 Å². The van der Waals surface area contributed by atoms with Gasteiger partial charge in [0, 0.05) is 32.7 Å². The standard InChI is InChI=1S/C13H7N3.Y/c1-2-5-12-10(4-1)8-11(9-14-12)13-6-3-7-15-16-13;/h1-5,7-8H;/q-2;. The number of para-hydroxylation sites is 1. The predicted molar refractivity (Wildman–Crippen MR) is 60.4 cm³/mol. The molecule has 0 bridgehead atoms. The molecule has 3 aromatic rings. The molecule has 0 fully saturated rings. The SMILES string of the molecule is [Y].[c-]1nc2ccccc2cc1-c1[c-]ccnn1. The molecule has 0 N–H and O–H groups in total. The summed E-state index contributed by atoms with van der Waals surface area (Å²) in [6, 6.07) is 14.6. The van der Waals surface area contributed by atoms with Crippen LogP contribution >= 0.6 is 0 Å². The van der Waals surface area contributed by atoms with Gasteiger partial charge in [-0.15, -0.1) is 11.9 Å². The molecule has 1 aromatic carbocycles. The maximum absolute atomic E-state index is 4.24. The zero-order valence-electron chi connectivity index (χ0n) is 8.96. The first-order chi connectivity index (χ1) is 7.93. The molecule has 0 saturated carbocycles. The van der Waals surface area contributed by atoms with E-state index in [2.05, 4.69) is 27.4 Å². The summed E-state index contributed by atoms with van der Waals surface area (Å²) in [4.78, 5) is 4.24. The minimum Gasteiger partial charge on any atom is -0.366 e. The summed E-state index contributed by atoms with van der Waals surface area (Å²) in [5.41, 5.74) is 2.41. The summed E-state index contributed by atoms with van der Waals surface area (Å²) < 4.78 is 0. The van der Waals surface area contributed by atoms with E-state index in [0.717, 1.165) is 16.5 Å². The number of pyridine rings is 1. The monoisotopic (exact) mass is 294 g/mol. The summed E-state index contributed by atoms with van der Waals surface area (Å²) in [7, 11) is 0. The van der Waals surface area contributed by atoms with Crippen molar-refractivity contribution < 1.29 is 32.7 Å². The number of benzene rings is 1. The second kappa shape index (κ2) is 5.43. The van der Waals surface area contributed by atoms with Crippen LogP contribution in [-0.2, 0) is 32.7 Å². The van der Waals surface area contributed by atoms with Crippen LogP contribution < -0.4 is 0 Å². The van der Waals surface area contributed by atoms with E-state index in [9.17, 15) is 0 Å². The third-order valence-electron chi connectivity index (χ3n) is 2.31. The molecule has 3 nitrogen and oxygen atoms in total. The summed E-state index contributed by atoms with van der Waals surface area (Å²) >= 11 is 0. The van der Waals surface area contributed by atoms with Crippen LogP contribution in [0.25, 0.3) is 22.2 Å². The quantitative estimate of drug-likeness (QED) is 0.646. The van der Waals surface area contributed by atoms with E-state index in [1.807, 2.05) is 30.3 Å². The van der Waals surface area contributed by atoms with Crippen LogP contribution in [0.15, 0.2) is 42.6 Å². The second-order valence-electron chi connectivity index (χ2n) is 3.36. The van der Waals surface area contributed by atoms with Gasteiger partial charge in [0.05, 0.1) is 0 Å². The van der Waals surface area contributed by atoms with E-state index in [1.165, 1.54) is 0 Å². The van der Waals surface area contributed by atoms with Crippen molar-refractivity contribution in [1.29, 1.82) is 0 Å². The molecule has 79 valence electrons. The first kappa shape index (κ1) is 12.3. The topological polar surface area (TPSA) is 38.7 Å². The van der Waals surface area contributed by atoms with Gasteiger partial charge in [-0.2, -0.15) is 12.1 Å². The zero-order chi connectivity index (χ0) is 10.8. The van der Waals surface area contributed by atoms with Crippen molar-refractivity contribution in [3.63, 3.8) is 0 Å². The fourth-order valence-corrected chi connectivity index (χ4v) is 1.54. The van der Waals surface area contributed by atoms with Crippen molar-refractivity contribution >= 4 is 10.9 Å². The first-order valence-electron chi connectivity index (χ1n) is 4.91. The minimum absolute atomic E-state index is 0. The normalized spacial score (nSPS) is 9.88. The number of hydrogen-bond acceptors (Lipinski definition) is 3. The molecule has 0 aliphatic heterocycles. The van der Waals surface area contributed by atoms with E-state index in [0.29, 0.717) is 5.69 Å². The van der Waals surface area contributed by atoms with Crippen LogP contribution in [0, 0.1) is 12.3 Å². The number of fused-ring (bicyclic) bond motifs is 1. The Morgan fingerprint density at radius 2 is 2.00 bits per heavy atom. The van der Waals surface area contributed by atoms with Gasteiger partial charge >= 0.3 is 0 Å². The Morgan fingerprint density at radius 1 is 1.12 bits per heavy atom. The molecule has 1 radical (unpaired) electrons. The van der Waals surface area contributed by atoms with Gasteiger partial charge in [0.15, 0.2) is 0 Å². The first-order valence-corrected chi connectivity index (χ1v) is 4.91.